The molecule has 0 unspecified atom stereocenters. The van der Waals surface area contributed by atoms with Crippen LogP contribution in [0.4, 0.5) is 0 Å². The number of rotatable bonds is 4. The first-order valence-corrected chi connectivity index (χ1v) is 8.94. The molecule has 0 spiro atoms. The van der Waals surface area contributed by atoms with Gasteiger partial charge in [0.15, 0.2) is 0 Å². The maximum Gasteiger partial charge on any atom is 0.272 e. The molecule has 0 saturated carbocycles. The SMILES string of the molecule is COc1ccc(OC)c(-c2cc(C(=O)N3CCc4ncncc4C3)n(C)n2)c1. The van der Waals surface area contributed by atoms with Crippen LogP contribution in [0.15, 0.2) is 36.8 Å². The van der Waals surface area contributed by atoms with Gasteiger partial charge in [-0.05, 0) is 24.3 Å². The van der Waals surface area contributed by atoms with Crippen LogP contribution in [-0.4, -0.2) is 51.3 Å². The monoisotopic (exact) mass is 379 g/mol. The lowest BCUT2D eigenvalue weighted by Gasteiger charge is -2.27. The van der Waals surface area contributed by atoms with E-state index in [9.17, 15) is 4.79 Å². The number of methoxy groups -OCH3 is 2. The van der Waals surface area contributed by atoms with Crippen molar-refractivity contribution in [2.45, 2.75) is 13.0 Å². The van der Waals surface area contributed by atoms with Gasteiger partial charge in [0, 0.05) is 43.9 Å². The molecule has 2 aromatic heterocycles. The van der Waals surface area contributed by atoms with Crippen LogP contribution in [0, 0.1) is 0 Å². The molecule has 0 N–H and O–H groups in total. The Hall–Kier alpha value is -3.42. The summed E-state index contributed by atoms with van der Waals surface area (Å²) in [6.45, 7) is 1.11. The molecule has 0 fully saturated rings. The van der Waals surface area contributed by atoms with Crippen molar-refractivity contribution in [3.63, 3.8) is 0 Å². The minimum Gasteiger partial charge on any atom is -0.497 e. The highest BCUT2D eigenvalue weighted by molar-refractivity contribution is 5.94. The summed E-state index contributed by atoms with van der Waals surface area (Å²) in [4.78, 5) is 23.3. The van der Waals surface area contributed by atoms with E-state index in [0.717, 1.165) is 23.2 Å². The van der Waals surface area contributed by atoms with Gasteiger partial charge in [0.2, 0.25) is 0 Å². The van der Waals surface area contributed by atoms with Crippen molar-refractivity contribution in [1.82, 2.24) is 24.6 Å². The van der Waals surface area contributed by atoms with Crippen molar-refractivity contribution < 1.29 is 14.3 Å². The van der Waals surface area contributed by atoms with Gasteiger partial charge in [0.25, 0.3) is 5.91 Å². The Morgan fingerprint density at radius 3 is 2.82 bits per heavy atom. The molecule has 0 saturated heterocycles. The Bertz CT molecular complexity index is 1030. The fourth-order valence-electron chi connectivity index (χ4n) is 3.42. The van der Waals surface area contributed by atoms with Crippen LogP contribution in [-0.2, 0) is 20.0 Å². The van der Waals surface area contributed by atoms with Gasteiger partial charge in [-0.1, -0.05) is 0 Å². The number of nitrogens with zero attached hydrogens (tertiary/aromatic N) is 5. The molecule has 1 amide bonds. The van der Waals surface area contributed by atoms with E-state index in [0.29, 0.717) is 36.0 Å². The summed E-state index contributed by atoms with van der Waals surface area (Å²) in [5, 5.41) is 4.53. The van der Waals surface area contributed by atoms with Gasteiger partial charge in [-0.25, -0.2) is 9.97 Å². The summed E-state index contributed by atoms with van der Waals surface area (Å²) in [7, 11) is 4.98. The topological polar surface area (TPSA) is 82.4 Å². The zero-order chi connectivity index (χ0) is 19.7. The number of benzene rings is 1. The molecule has 144 valence electrons. The first-order chi connectivity index (χ1) is 13.6. The number of carbonyl (C=O) groups excluding carboxylic acids is 1. The predicted octanol–water partition coefficient (Wildman–Crippen LogP) is 2.09. The number of fused-ring (bicyclic) bond motifs is 1. The number of aromatic nitrogens is 4. The molecule has 1 aliphatic rings. The Morgan fingerprint density at radius 2 is 2.04 bits per heavy atom. The minimum atomic E-state index is -0.0717. The second-order valence-corrected chi connectivity index (χ2v) is 6.58. The average Bonchev–Trinajstić information content (AvgIpc) is 3.13. The molecule has 8 heteroatoms. The first kappa shape index (κ1) is 18.0. The molecular weight excluding hydrogens is 358 g/mol. The van der Waals surface area contributed by atoms with E-state index in [2.05, 4.69) is 15.1 Å². The quantitative estimate of drug-likeness (QED) is 0.690. The van der Waals surface area contributed by atoms with Crippen LogP contribution in [0.1, 0.15) is 21.7 Å². The summed E-state index contributed by atoms with van der Waals surface area (Å²) in [5.74, 6) is 1.29. The molecule has 28 heavy (non-hydrogen) atoms. The Kier molecular flexibility index (Phi) is 4.68. The van der Waals surface area contributed by atoms with E-state index < -0.39 is 0 Å². The number of amides is 1. The van der Waals surface area contributed by atoms with E-state index in [1.165, 1.54) is 0 Å². The summed E-state index contributed by atoms with van der Waals surface area (Å²) in [5.41, 5.74) is 3.93. The smallest absolute Gasteiger partial charge is 0.272 e. The van der Waals surface area contributed by atoms with Crippen molar-refractivity contribution in [3.05, 3.63) is 53.7 Å². The molecule has 4 rings (SSSR count). The lowest BCUT2D eigenvalue weighted by Crippen LogP contribution is -2.37. The molecule has 0 aliphatic carbocycles. The second-order valence-electron chi connectivity index (χ2n) is 6.58. The third kappa shape index (κ3) is 3.17. The van der Waals surface area contributed by atoms with Crippen LogP contribution in [0.2, 0.25) is 0 Å². The summed E-state index contributed by atoms with van der Waals surface area (Å²) in [6.07, 6.45) is 4.04. The van der Waals surface area contributed by atoms with Crippen LogP contribution in [0.25, 0.3) is 11.3 Å². The van der Waals surface area contributed by atoms with Crippen molar-refractivity contribution >= 4 is 5.91 Å². The molecule has 3 aromatic rings. The van der Waals surface area contributed by atoms with Crippen molar-refractivity contribution in [1.29, 1.82) is 0 Å². The number of hydrogen-bond donors (Lipinski definition) is 0. The minimum absolute atomic E-state index is 0.0717. The molecule has 8 nitrogen and oxygen atoms in total. The molecule has 1 aliphatic heterocycles. The van der Waals surface area contributed by atoms with Crippen molar-refractivity contribution in [2.75, 3.05) is 20.8 Å². The average molecular weight is 379 g/mol. The van der Waals surface area contributed by atoms with Gasteiger partial charge in [0.1, 0.15) is 23.5 Å². The van der Waals surface area contributed by atoms with Crippen LogP contribution >= 0.6 is 0 Å². The second kappa shape index (κ2) is 7.30. The Balaban J connectivity index is 1.65. The van der Waals surface area contributed by atoms with E-state index in [-0.39, 0.29) is 5.91 Å². The van der Waals surface area contributed by atoms with Crippen molar-refractivity contribution in [3.8, 4) is 22.8 Å². The number of hydrogen-bond acceptors (Lipinski definition) is 6. The van der Waals surface area contributed by atoms with Gasteiger partial charge in [-0.2, -0.15) is 5.10 Å². The highest BCUT2D eigenvalue weighted by atomic mass is 16.5. The maximum absolute atomic E-state index is 13.1. The lowest BCUT2D eigenvalue weighted by molar-refractivity contribution is 0.0722. The summed E-state index contributed by atoms with van der Waals surface area (Å²) in [6, 6.07) is 7.29. The first-order valence-electron chi connectivity index (χ1n) is 8.94. The van der Waals surface area contributed by atoms with Gasteiger partial charge >= 0.3 is 0 Å². The highest BCUT2D eigenvalue weighted by Crippen LogP contribution is 2.33. The van der Waals surface area contributed by atoms with Crippen LogP contribution < -0.4 is 9.47 Å². The maximum atomic E-state index is 13.1. The largest absolute Gasteiger partial charge is 0.497 e. The molecule has 0 atom stereocenters. The van der Waals surface area contributed by atoms with E-state index in [4.69, 9.17) is 9.47 Å². The normalized spacial score (nSPS) is 13.2. The third-order valence-electron chi connectivity index (χ3n) is 4.93. The third-order valence-corrected chi connectivity index (χ3v) is 4.93. The fraction of sp³-hybridized carbons (Fsp3) is 0.300. The Labute approximate surface area is 162 Å². The van der Waals surface area contributed by atoms with Crippen LogP contribution in [0.3, 0.4) is 0 Å². The zero-order valence-corrected chi connectivity index (χ0v) is 16.0. The summed E-state index contributed by atoms with van der Waals surface area (Å²) < 4.78 is 12.4. The van der Waals surface area contributed by atoms with Gasteiger partial charge < -0.3 is 14.4 Å². The standard InChI is InChI=1S/C20H21N5O3/c1-24-18(20(26)25-7-6-16-13(11-25)10-21-12-22-16)9-17(23-24)15-8-14(27-2)4-5-19(15)28-3/h4-5,8-10,12H,6-7,11H2,1-3H3. The van der Waals surface area contributed by atoms with Gasteiger partial charge in [0.05, 0.1) is 25.6 Å². The molecule has 0 radical (unpaired) electrons. The van der Waals surface area contributed by atoms with E-state index in [1.807, 2.05) is 18.2 Å². The fourth-order valence-corrected chi connectivity index (χ4v) is 3.42. The van der Waals surface area contributed by atoms with Gasteiger partial charge in [-0.3, -0.25) is 9.48 Å². The molecule has 3 heterocycles. The Morgan fingerprint density at radius 1 is 1.18 bits per heavy atom. The number of carbonyl (C=O) groups is 1. The molecule has 0 bridgehead atoms. The van der Waals surface area contributed by atoms with Crippen molar-refractivity contribution in [2.24, 2.45) is 7.05 Å². The summed E-state index contributed by atoms with van der Waals surface area (Å²) >= 11 is 0. The predicted molar refractivity (Wildman–Crippen MR) is 102 cm³/mol. The van der Waals surface area contributed by atoms with E-state index in [1.54, 1.807) is 49.4 Å². The van der Waals surface area contributed by atoms with Gasteiger partial charge in [-0.15, -0.1) is 0 Å². The lowest BCUT2D eigenvalue weighted by atomic mass is 10.1. The zero-order valence-electron chi connectivity index (χ0n) is 16.0. The highest BCUT2D eigenvalue weighted by Gasteiger charge is 2.26. The number of aryl methyl sites for hydroxylation is 1. The van der Waals surface area contributed by atoms with Crippen LogP contribution in [0.5, 0.6) is 11.5 Å². The van der Waals surface area contributed by atoms with E-state index >= 15 is 0 Å². The molecule has 1 aromatic carbocycles. The molecular formula is C20H21N5O3. The number of ether oxygens (including phenoxy) is 2.